The number of thiocarbonyl (C=S) groups is 1. The Balaban J connectivity index is 4.59. The van der Waals surface area contributed by atoms with Crippen LogP contribution in [0.3, 0.4) is 0 Å². The number of nitrogens with zero attached hydrogens (tertiary/aromatic N) is 1. The molecular weight excluding hydrogens is 290 g/mol. The summed E-state index contributed by atoms with van der Waals surface area (Å²) in [6, 6.07) is 0. The number of hydrogen-bond donors (Lipinski definition) is 2. The van der Waals surface area contributed by atoms with Crippen molar-refractivity contribution in [3.05, 3.63) is 0 Å². The Morgan fingerprint density at radius 2 is 2.11 bits per heavy atom. The van der Waals surface area contributed by atoms with E-state index >= 15 is 0 Å². The highest BCUT2D eigenvalue weighted by atomic mass is 32.2. The van der Waals surface area contributed by atoms with Crippen molar-refractivity contribution in [2.45, 2.75) is 18.6 Å². The molecule has 112 valence electrons. The average molecular weight is 311 g/mol. The highest BCUT2D eigenvalue weighted by Crippen LogP contribution is 2.11. The smallest absolute Gasteiger partial charge is 0.235 e. The Kier molecular flexibility index (Phi) is 8.07. The summed E-state index contributed by atoms with van der Waals surface area (Å²) in [4.78, 5) is 11.4. The zero-order valence-corrected chi connectivity index (χ0v) is 13.0. The van der Waals surface area contributed by atoms with Crippen molar-refractivity contribution >= 4 is 33.1 Å². The molecule has 0 aliphatic carbocycles. The molecule has 0 saturated carbocycles. The van der Waals surface area contributed by atoms with Gasteiger partial charge in [0.2, 0.25) is 15.9 Å². The minimum absolute atomic E-state index is 0.0888. The van der Waals surface area contributed by atoms with Crippen LogP contribution in [-0.2, 0) is 19.6 Å². The first kappa shape index (κ1) is 18.2. The molecule has 0 aromatic carbocycles. The van der Waals surface area contributed by atoms with E-state index in [9.17, 15) is 13.2 Å². The SMILES string of the molecule is CCC(C(N)=S)S(=O)(=O)N(C)CC(=O)NCCOC. The van der Waals surface area contributed by atoms with Gasteiger partial charge in [-0.05, 0) is 6.42 Å². The van der Waals surface area contributed by atoms with Gasteiger partial charge in [-0.25, -0.2) is 8.42 Å². The van der Waals surface area contributed by atoms with Crippen LogP contribution in [0.4, 0.5) is 0 Å². The summed E-state index contributed by atoms with van der Waals surface area (Å²) >= 11 is 4.74. The number of carbonyl (C=O) groups is 1. The van der Waals surface area contributed by atoms with Crippen molar-refractivity contribution in [1.29, 1.82) is 0 Å². The second-order valence-corrected chi connectivity index (χ2v) is 6.64. The average Bonchev–Trinajstić information content (AvgIpc) is 2.29. The molecular formula is C10H21N3O4S2. The van der Waals surface area contributed by atoms with E-state index in [-0.39, 0.29) is 18.0 Å². The largest absolute Gasteiger partial charge is 0.392 e. The minimum Gasteiger partial charge on any atom is -0.392 e. The quantitative estimate of drug-likeness (QED) is 0.422. The van der Waals surface area contributed by atoms with Gasteiger partial charge in [0.1, 0.15) is 5.25 Å². The topological polar surface area (TPSA) is 102 Å². The molecule has 0 bridgehead atoms. The van der Waals surface area contributed by atoms with E-state index in [1.807, 2.05) is 0 Å². The number of amides is 1. The van der Waals surface area contributed by atoms with Gasteiger partial charge in [-0.15, -0.1) is 0 Å². The molecule has 0 spiro atoms. The predicted molar refractivity (Wildman–Crippen MR) is 77.3 cm³/mol. The molecule has 1 amide bonds. The van der Waals surface area contributed by atoms with Crippen molar-refractivity contribution in [2.24, 2.45) is 5.73 Å². The van der Waals surface area contributed by atoms with Crippen LogP contribution in [-0.4, -0.2) is 62.7 Å². The van der Waals surface area contributed by atoms with Gasteiger partial charge < -0.3 is 15.8 Å². The number of rotatable bonds is 9. The normalized spacial score (nSPS) is 13.3. The fraction of sp³-hybridized carbons (Fsp3) is 0.800. The van der Waals surface area contributed by atoms with Crippen LogP contribution in [0.15, 0.2) is 0 Å². The fourth-order valence-electron chi connectivity index (χ4n) is 1.42. The maximum absolute atomic E-state index is 12.1. The molecule has 9 heteroatoms. The molecule has 1 atom stereocenters. The molecule has 3 N–H and O–H groups in total. The van der Waals surface area contributed by atoms with Gasteiger partial charge in [0, 0.05) is 20.7 Å². The number of ether oxygens (including phenoxy) is 1. The lowest BCUT2D eigenvalue weighted by Crippen LogP contribution is -2.46. The van der Waals surface area contributed by atoms with Crippen LogP contribution in [0.2, 0.25) is 0 Å². The van der Waals surface area contributed by atoms with E-state index in [0.29, 0.717) is 13.2 Å². The second-order valence-electron chi connectivity index (χ2n) is 3.94. The molecule has 0 aromatic rings. The number of sulfonamides is 1. The first-order valence-corrected chi connectivity index (χ1v) is 7.68. The summed E-state index contributed by atoms with van der Waals surface area (Å²) in [5.74, 6) is -0.402. The van der Waals surface area contributed by atoms with Crippen molar-refractivity contribution in [1.82, 2.24) is 9.62 Å². The molecule has 0 aliphatic heterocycles. The van der Waals surface area contributed by atoms with E-state index in [4.69, 9.17) is 22.7 Å². The zero-order chi connectivity index (χ0) is 15.1. The summed E-state index contributed by atoms with van der Waals surface area (Å²) in [7, 11) is -0.865. The van der Waals surface area contributed by atoms with Crippen LogP contribution in [0.1, 0.15) is 13.3 Å². The maximum Gasteiger partial charge on any atom is 0.235 e. The Morgan fingerprint density at radius 3 is 2.53 bits per heavy atom. The summed E-state index contributed by atoms with van der Waals surface area (Å²) in [5.41, 5.74) is 5.41. The number of likely N-dealkylation sites (N-methyl/N-ethyl adjacent to an activating group) is 1. The molecule has 0 saturated heterocycles. The lowest BCUT2D eigenvalue weighted by molar-refractivity contribution is -0.121. The van der Waals surface area contributed by atoms with Crippen LogP contribution in [0.5, 0.6) is 0 Å². The monoisotopic (exact) mass is 311 g/mol. The minimum atomic E-state index is -3.70. The van der Waals surface area contributed by atoms with Gasteiger partial charge in [-0.1, -0.05) is 19.1 Å². The Hall–Kier alpha value is -0.770. The van der Waals surface area contributed by atoms with E-state index in [1.165, 1.54) is 14.2 Å². The van der Waals surface area contributed by atoms with Gasteiger partial charge in [0.05, 0.1) is 18.1 Å². The van der Waals surface area contributed by atoms with Crippen LogP contribution in [0, 0.1) is 0 Å². The van der Waals surface area contributed by atoms with Crippen molar-refractivity contribution in [2.75, 3.05) is 33.9 Å². The van der Waals surface area contributed by atoms with E-state index < -0.39 is 21.2 Å². The van der Waals surface area contributed by atoms with Crippen molar-refractivity contribution in [3.8, 4) is 0 Å². The number of methoxy groups -OCH3 is 1. The molecule has 19 heavy (non-hydrogen) atoms. The predicted octanol–water partition coefficient (Wildman–Crippen LogP) is -0.925. The summed E-state index contributed by atoms with van der Waals surface area (Å²) in [5, 5.41) is 1.59. The lowest BCUT2D eigenvalue weighted by atomic mass is 10.3. The molecule has 0 heterocycles. The number of nitrogens with one attached hydrogen (secondary N) is 1. The molecule has 7 nitrogen and oxygen atoms in total. The van der Waals surface area contributed by atoms with Crippen LogP contribution < -0.4 is 11.1 Å². The fourth-order valence-corrected chi connectivity index (χ4v) is 3.39. The van der Waals surface area contributed by atoms with Gasteiger partial charge in [0.25, 0.3) is 0 Å². The van der Waals surface area contributed by atoms with E-state index in [2.05, 4.69) is 5.32 Å². The molecule has 0 rings (SSSR count). The van der Waals surface area contributed by atoms with Crippen LogP contribution >= 0.6 is 12.2 Å². The highest BCUT2D eigenvalue weighted by molar-refractivity contribution is 7.92. The third-order valence-electron chi connectivity index (χ3n) is 2.48. The molecule has 0 fully saturated rings. The second kappa shape index (κ2) is 8.41. The third-order valence-corrected chi connectivity index (χ3v) is 5.21. The molecule has 0 aromatic heterocycles. The number of hydrogen-bond acceptors (Lipinski definition) is 5. The molecule has 0 radical (unpaired) electrons. The van der Waals surface area contributed by atoms with Gasteiger partial charge in [0.15, 0.2) is 0 Å². The number of nitrogens with two attached hydrogens (primary N) is 1. The molecule has 0 aliphatic rings. The molecule has 1 unspecified atom stereocenters. The first-order chi connectivity index (χ1) is 8.77. The zero-order valence-electron chi connectivity index (χ0n) is 11.4. The number of carbonyl (C=O) groups excluding carboxylic acids is 1. The Labute approximate surface area is 119 Å². The summed E-state index contributed by atoms with van der Waals surface area (Å²) in [6.45, 7) is 2.10. The standard InChI is InChI=1S/C10H21N3O4S2/c1-4-8(10(11)18)19(15,16)13(2)7-9(14)12-5-6-17-3/h8H,4-7H2,1-3H3,(H2,11,18)(H,12,14). The van der Waals surface area contributed by atoms with Gasteiger partial charge in [-0.2, -0.15) is 4.31 Å². The Morgan fingerprint density at radius 1 is 1.53 bits per heavy atom. The van der Waals surface area contributed by atoms with Crippen molar-refractivity contribution < 1.29 is 17.9 Å². The van der Waals surface area contributed by atoms with Crippen molar-refractivity contribution in [3.63, 3.8) is 0 Å². The van der Waals surface area contributed by atoms with E-state index in [1.54, 1.807) is 6.92 Å². The summed E-state index contributed by atoms with van der Waals surface area (Å²) in [6.07, 6.45) is 0.271. The van der Waals surface area contributed by atoms with E-state index in [0.717, 1.165) is 4.31 Å². The Bertz CT molecular complexity index is 411. The van der Waals surface area contributed by atoms with Crippen LogP contribution in [0.25, 0.3) is 0 Å². The van der Waals surface area contributed by atoms with Gasteiger partial charge >= 0.3 is 0 Å². The third kappa shape index (κ3) is 5.81. The highest BCUT2D eigenvalue weighted by Gasteiger charge is 2.31. The lowest BCUT2D eigenvalue weighted by Gasteiger charge is -2.22. The van der Waals surface area contributed by atoms with Gasteiger partial charge in [-0.3, -0.25) is 4.79 Å². The maximum atomic E-state index is 12.1. The summed E-state index contributed by atoms with van der Waals surface area (Å²) < 4.78 is 30.0. The first-order valence-electron chi connectivity index (χ1n) is 5.77.